The topological polar surface area (TPSA) is 80.8 Å². The Bertz CT molecular complexity index is 1090. The Morgan fingerprint density at radius 1 is 1.12 bits per heavy atom. The minimum Gasteiger partial charge on any atom is -0.497 e. The number of H-pyrrole nitrogens is 1. The van der Waals surface area contributed by atoms with Crippen LogP contribution in [0.5, 0.6) is 5.75 Å². The van der Waals surface area contributed by atoms with Crippen molar-refractivity contribution in [2.75, 3.05) is 7.11 Å². The van der Waals surface area contributed by atoms with Gasteiger partial charge < -0.3 is 9.72 Å². The summed E-state index contributed by atoms with van der Waals surface area (Å²) in [6, 6.07) is 14.9. The van der Waals surface area contributed by atoms with Crippen molar-refractivity contribution in [2.45, 2.75) is 17.3 Å². The molecule has 0 bridgehead atoms. The summed E-state index contributed by atoms with van der Waals surface area (Å²) in [6.45, 7) is 1.84. The monoisotopic (exact) mass is 364 g/mol. The van der Waals surface area contributed by atoms with Crippen molar-refractivity contribution in [1.29, 1.82) is 0 Å². The van der Waals surface area contributed by atoms with E-state index in [2.05, 4.69) is 20.2 Å². The van der Waals surface area contributed by atoms with Crippen LogP contribution in [-0.4, -0.2) is 38.3 Å². The zero-order chi connectivity index (χ0) is 18.1. The molecule has 0 aliphatic carbocycles. The van der Waals surface area contributed by atoms with Crippen LogP contribution < -0.4 is 4.74 Å². The number of fused-ring (bicyclic) bond motifs is 3. The van der Waals surface area contributed by atoms with Gasteiger partial charge in [-0.1, -0.05) is 30.0 Å². The van der Waals surface area contributed by atoms with E-state index in [4.69, 9.17) is 4.74 Å². The summed E-state index contributed by atoms with van der Waals surface area (Å²) in [5.74, 6) is 0.733. The number of aromatic amines is 1. The van der Waals surface area contributed by atoms with Crippen LogP contribution >= 0.6 is 11.8 Å². The quantitative estimate of drug-likeness (QED) is 0.428. The van der Waals surface area contributed by atoms with E-state index in [9.17, 15) is 4.79 Å². The maximum absolute atomic E-state index is 12.6. The number of ketones is 1. The second-order valence-corrected chi connectivity index (χ2v) is 7.12. The minimum atomic E-state index is -0.327. The van der Waals surface area contributed by atoms with E-state index in [1.165, 1.54) is 11.8 Å². The van der Waals surface area contributed by atoms with Gasteiger partial charge in [-0.25, -0.2) is 4.98 Å². The number of methoxy groups -OCH3 is 1. The largest absolute Gasteiger partial charge is 0.497 e. The Labute approximate surface area is 154 Å². The van der Waals surface area contributed by atoms with Crippen LogP contribution in [0.1, 0.15) is 17.3 Å². The lowest BCUT2D eigenvalue weighted by Crippen LogP contribution is -2.14. The number of Topliss-reactive ketones (excluding diaryl/α,β-unsaturated/α-hetero) is 1. The Kier molecular flexibility index (Phi) is 4.30. The highest BCUT2D eigenvalue weighted by atomic mass is 32.2. The molecule has 2 aromatic heterocycles. The van der Waals surface area contributed by atoms with Gasteiger partial charge in [0.25, 0.3) is 0 Å². The highest BCUT2D eigenvalue weighted by Crippen LogP contribution is 2.26. The third-order valence-electron chi connectivity index (χ3n) is 4.13. The summed E-state index contributed by atoms with van der Waals surface area (Å²) >= 11 is 1.30. The van der Waals surface area contributed by atoms with Gasteiger partial charge in [-0.2, -0.15) is 0 Å². The van der Waals surface area contributed by atoms with Crippen LogP contribution in [0.15, 0.2) is 53.7 Å². The van der Waals surface area contributed by atoms with Crippen molar-refractivity contribution < 1.29 is 9.53 Å². The Hall–Kier alpha value is -2.93. The third-order valence-corrected chi connectivity index (χ3v) is 5.08. The van der Waals surface area contributed by atoms with Crippen molar-refractivity contribution in [3.05, 3.63) is 54.1 Å². The summed E-state index contributed by atoms with van der Waals surface area (Å²) in [5.41, 5.74) is 3.01. The summed E-state index contributed by atoms with van der Waals surface area (Å²) in [5, 5.41) is 9.60. The predicted molar refractivity (Wildman–Crippen MR) is 102 cm³/mol. The molecule has 0 saturated heterocycles. The summed E-state index contributed by atoms with van der Waals surface area (Å²) in [7, 11) is 1.60. The number of ether oxygens (including phenoxy) is 1. The number of hydrogen-bond donors (Lipinski definition) is 1. The van der Waals surface area contributed by atoms with E-state index in [1.54, 1.807) is 31.4 Å². The Morgan fingerprint density at radius 3 is 2.65 bits per heavy atom. The molecule has 1 N–H and O–H groups in total. The van der Waals surface area contributed by atoms with E-state index in [0.717, 1.165) is 22.2 Å². The molecule has 0 aliphatic rings. The molecule has 1 atom stereocenters. The molecule has 0 fully saturated rings. The molecule has 0 unspecified atom stereocenters. The fourth-order valence-electron chi connectivity index (χ4n) is 2.76. The SMILES string of the molecule is COc1ccc(C(=O)[C@@H](C)Sc2nnc3c(n2)[nH]c2ccccc23)cc1. The van der Waals surface area contributed by atoms with Gasteiger partial charge in [0.15, 0.2) is 11.4 Å². The van der Waals surface area contributed by atoms with E-state index >= 15 is 0 Å². The summed E-state index contributed by atoms with van der Waals surface area (Å²) in [4.78, 5) is 20.4. The number of nitrogens with zero attached hydrogens (tertiary/aromatic N) is 3. The van der Waals surface area contributed by atoms with E-state index in [0.29, 0.717) is 16.4 Å². The lowest BCUT2D eigenvalue weighted by Gasteiger charge is -2.09. The molecule has 0 radical (unpaired) electrons. The van der Waals surface area contributed by atoms with Crippen LogP contribution in [0.2, 0.25) is 0 Å². The van der Waals surface area contributed by atoms with Gasteiger partial charge in [-0.3, -0.25) is 4.79 Å². The normalized spacial score (nSPS) is 12.4. The molecule has 4 rings (SSSR count). The zero-order valence-corrected chi connectivity index (χ0v) is 15.1. The van der Waals surface area contributed by atoms with Gasteiger partial charge in [0.1, 0.15) is 11.3 Å². The maximum Gasteiger partial charge on any atom is 0.211 e. The predicted octanol–water partition coefficient (Wildman–Crippen LogP) is 3.88. The Morgan fingerprint density at radius 2 is 1.88 bits per heavy atom. The van der Waals surface area contributed by atoms with E-state index in [-0.39, 0.29) is 11.0 Å². The number of rotatable bonds is 5. The van der Waals surface area contributed by atoms with Gasteiger partial charge >= 0.3 is 0 Å². The standard InChI is InChI=1S/C19H16N4O2S/c1-11(17(24)12-7-9-13(25-2)10-8-12)26-19-21-18-16(22-23-19)14-5-3-4-6-15(14)20-18/h3-11H,1-2H3,(H,20,21,23)/t11-/m1/s1. The highest BCUT2D eigenvalue weighted by molar-refractivity contribution is 8.00. The molecule has 0 amide bonds. The fraction of sp³-hybridized carbons (Fsp3) is 0.158. The van der Waals surface area contributed by atoms with Crippen LogP contribution in [0.25, 0.3) is 22.1 Å². The minimum absolute atomic E-state index is 0.0120. The maximum atomic E-state index is 12.6. The molecule has 6 nitrogen and oxygen atoms in total. The molecular weight excluding hydrogens is 348 g/mol. The smallest absolute Gasteiger partial charge is 0.211 e. The molecule has 0 aliphatic heterocycles. The second kappa shape index (κ2) is 6.76. The average Bonchev–Trinajstić information content (AvgIpc) is 3.05. The van der Waals surface area contributed by atoms with E-state index < -0.39 is 0 Å². The highest BCUT2D eigenvalue weighted by Gasteiger charge is 2.19. The van der Waals surface area contributed by atoms with Crippen LogP contribution in [-0.2, 0) is 0 Å². The van der Waals surface area contributed by atoms with Crippen molar-refractivity contribution in [3.63, 3.8) is 0 Å². The lowest BCUT2D eigenvalue weighted by molar-refractivity contribution is 0.0994. The Balaban J connectivity index is 1.57. The van der Waals surface area contributed by atoms with Crippen LogP contribution in [0, 0.1) is 0 Å². The number of thioether (sulfide) groups is 1. The van der Waals surface area contributed by atoms with Crippen LogP contribution in [0.4, 0.5) is 0 Å². The molecule has 0 saturated carbocycles. The second-order valence-electron chi connectivity index (χ2n) is 5.82. The average molecular weight is 364 g/mol. The molecule has 26 heavy (non-hydrogen) atoms. The van der Waals surface area contributed by atoms with Crippen molar-refractivity contribution in [3.8, 4) is 5.75 Å². The lowest BCUT2D eigenvalue weighted by atomic mass is 10.1. The fourth-order valence-corrected chi connectivity index (χ4v) is 3.55. The van der Waals surface area contributed by atoms with Crippen molar-refractivity contribution >= 4 is 39.6 Å². The molecule has 0 spiro atoms. The number of aromatic nitrogens is 4. The van der Waals surface area contributed by atoms with Gasteiger partial charge in [-0.05, 0) is 37.3 Å². The van der Waals surface area contributed by atoms with Crippen LogP contribution in [0.3, 0.4) is 0 Å². The van der Waals surface area contributed by atoms with Crippen molar-refractivity contribution in [1.82, 2.24) is 20.2 Å². The first kappa shape index (κ1) is 16.5. The third kappa shape index (κ3) is 3.01. The number of nitrogens with one attached hydrogen (secondary N) is 1. The summed E-state index contributed by atoms with van der Waals surface area (Å²) in [6.07, 6.45) is 0. The van der Waals surface area contributed by atoms with Gasteiger partial charge in [0.05, 0.1) is 12.4 Å². The number of hydrogen-bond acceptors (Lipinski definition) is 6. The first-order chi connectivity index (χ1) is 12.7. The number of carbonyl (C=O) groups excluding carboxylic acids is 1. The first-order valence-electron chi connectivity index (χ1n) is 8.12. The molecular formula is C19H16N4O2S. The number of benzene rings is 2. The molecule has 7 heteroatoms. The number of para-hydroxylation sites is 1. The van der Waals surface area contributed by atoms with Gasteiger partial charge in [0.2, 0.25) is 5.16 Å². The first-order valence-corrected chi connectivity index (χ1v) is 9.00. The van der Waals surface area contributed by atoms with Gasteiger partial charge in [0, 0.05) is 16.5 Å². The van der Waals surface area contributed by atoms with Crippen molar-refractivity contribution in [2.24, 2.45) is 0 Å². The molecule has 130 valence electrons. The zero-order valence-electron chi connectivity index (χ0n) is 14.3. The summed E-state index contributed by atoms with van der Waals surface area (Å²) < 4.78 is 5.12. The molecule has 4 aromatic rings. The molecule has 2 heterocycles. The number of carbonyl (C=O) groups is 1. The molecule has 2 aromatic carbocycles. The van der Waals surface area contributed by atoms with E-state index in [1.807, 2.05) is 31.2 Å². The van der Waals surface area contributed by atoms with Gasteiger partial charge in [-0.15, -0.1) is 10.2 Å².